The summed E-state index contributed by atoms with van der Waals surface area (Å²) in [6.07, 6.45) is 0. The Morgan fingerprint density at radius 2 is 0.750 bits per heavy atom. The lowest BCUT2D eigenvalue weighted by Crippen LogP contribution is -1.90. The highest BCUT2D eigenvalue weighted by molar-refractivity contribution is 6.07. The number of hydrogen-bond acceptors (Lipinski definition) is 0. The standard InChI is InChI=1S/C28H22/c1-19-25-15-13-24(22-11-7-4-8-12-22)18-28(25)20(2)26-16-14-23(17-27(19)26)21-9-5-3-6-10-21/h3-18H,1-2H3. The molecule has 5 aromatic carbocycles. The SMILES string of the molecule is Cc1c2ccc(-c3ccccc3)cc2c(C)c2ccc(-c3ccccc3)cc12. The fourth-order valence-electron chi connectivity index (χ4n) is 4.27. The van der Waals surface area contributed by atoms with E-state index in [0.29, 0.717) is 0 Å². The second-order valence-electron chi connectivity index (χ2n) is 7.50. The number of benzene rings is 5. The molecule has 0 fully saturated rings. The summed E-state index contributed by atoms with van der Waals surface area (Å²) < 4.78 is 0. The van der Waals surface area contributed by atoms with Gasteiger partial charge in [-0.2, -0.15) is 0 Å². The topological polar surface area (TPSA) is 0 Å². The first-order valence-corrected chi connectivity index (χ1v) is 9.80. The van der Waals surface area contributed by atoms with Crippen molar-refractivity contribution in [1.29, 1.82) is 0 Å². The highest BCUT2D eigenvalue weighted by Gasteiger charge is 2.11. The van der Waals surface area contributed by atoms with Crippen molar-refractivity contribution in [3.8, 4) is 22.3 Å². The molecule has 0 nitrogen and oxygen atoms in total. The average Bonchev–Trinajstić information content (AvgIpc) is 2.78. The van der Waals surface area contributed by atoms with Crippen molar-refractivity contribution in [1.82, 2.24) is 0 Å². The molecule has 0 aliphatic rings. The van der Waals surface area contributed by atoms with Crippen LogP contribution in [0.15, 0.2) is 97.1 Å². The van der Waals surface area contributed by atoms with Crippen LogP contribution in [0.3, 0.4) is 0 Å². The van der Waals surface area contributed by atoms with Gasteiger partial charge in [-0.1, -0.05) is 84.9 Å². The molecular formula is C28H22. The van der Waals surface area contributed by atoms with E-state index in [0.717, 1.165) is 0 Å². The van der Waals surface area contributed by atoms with Gasteiger partial charge in [-0.3, -0.25) is 0 Å². The molecule has 5 aromatic rings. The smallest absolute Gasteiger partial charge is 0.0139 e. The van der Waals surface area contributed by atoms with Crippen LogP contribution < -0.4 is 0 Å². The van der Waals surface area contributed by atoms with E-state index in [4.69, 9.17) is 0 Å². The van der Waals surface area contributed by atoms with Crippen LogP contribution in [-0.2, 0) is 0 Å². The molecular weight excluding hydrogens is 336 g/mol. The molecule has 0 amide bonds. The van der Waals surface area contributed by atoms with E-state index in [-0.39, 0.29) is 0 Å². The van der Waals surface area contributed by atoms with Crippen LogP contribution in [0.2, 0.25) is 0 Å². The quantitative estimate of drug-likeness (QED) is 0.281. The molecule has 0 heteroatoms. The summed E-state index contributed by atoms with van der Waals surface area (Å²) in [5.41, 5.74) is 7.79. The second kappa shape index (κ2) is 6.65. The highest BCUT2D eigenvalue weighted by Crippen LogP contribution is 2.36. The molecule has 0 aromatic heterocycles. The normalized spacial score (nSPS) is 11.2. The van der Waals surface area contributed by atoms with Crippen LogP contribution in [0.25, 0.3) is 43.8 Å². The van der Waals surface area contributed by atoms with E-state index in [2.05, 4.69) is 111 Å². The molecule has 0 heterocycles. The van der Waals surface area contributed by atoms with Crippen LogP contribution in [0.4, 0.5) is 0 Å². The van der Waals surface area contributed by atoms with E-state index in [1.807, 2.05) is 0 Å². The maximum atomic E-state index is 2.34. The van der Waals surface area contributed by atoms with E-state index < -0.39 is 0 Å². The zero-order valence-electron chi connectivity index (χ0n) is 16.2. The molecule has 0 atom stereocenters. The van der Waals surface area contributed by atoms with Gasteiger partial charge in [0.25, 0.3) is 0 Å². The third kappa shape index (κ3) is 2.70. The summed E-state index contributed by atoms with van der Waals surface area (Å²) in [6, 6.07) is 35.0. The minimum atomic E-state index is 1.26. The molecule has 134 valence electrons. The van der Waals surface area contributed by atoms with E-state index in [1.165, 1.54) is 54.9 Å². The van der Waals surface area contributed by atoms with E-state index in [9.17, 15) is 0 Å². The van der Waals surface area contributed by atoms with Crippen LogP contribution >= 0.6 is 0 Å². The van der Waals surface area contributed by atoms with Gasteiger partial charge >= 0.3 is 0 Å². The fraction of sp³-hybridized carbons (Fsp3) is 0.0714. The Kier molecular flexibility index (Phi) is 3.98. The summed E-state index contributed by atoms with van der Waals surface area (Å²) in [6.45, 7) is 4.50. The second-order valence-corrected chi connectivity index (χ2v) is 7.50. The van der Waals surface area contributed by atoms with Crippen LogP contribution in [0.1, 0.15) is 11.1 Å². The Hall–Kier alpha value is -3.38. The first kappa shape index (κ1) is 16.8. The van der Waals surface area contributed by atoms with Crippen molar-refractivity contribution in [2.45, 2.75) is 13.8 Å². The molecule has 0 N–H and O–H groups in total. The minimum absolute atomic E-state index is 1.26. The lowest BCUT2D eigenvalue weighted by Gasteiger charge is -2.15. The predicted molar refractivity (Wildman–Crippen MR) is 122 cm³/mol. The van der Waals surface area contributed by atoms with Crippen LogP contribution in [-0.4, -0.2) is 0 Å². The molecule has 0 bridgehead atoms. The van der Waals surface area contributed by atoms with Crippen molar-refractivity contribution in [3.05, 3.63) is 108 Å². The summed E-state index contributed by atoms with van der Waals surface area (Å²) in [5.74, 6) is 0. The van der Waals surface area contributed by atoms with Gasteiger partial charge in [0.05, 0.1) is 0 Å². The summed E-state index contributed by atoms with van der Waals surface area (Å²) >= 11 is 0. The Balaban J connectivity index is 1.76. The maximum Gasteiger partial charge on any atom is -0.0139 e. The first-order chi connectivity index (χ1) is 13.7. The van der Waals surface area contributed by atoms with Crippen molar-refractivity contribution in [3.63, 3.8) is 0 Å². The lowest BCUT2D eigenvalue weighted by atomic mass is 9.89. The van der Waals surface area contributed by atoms with Crippen molar-refractivity contribution < 1.29 is 0 Å². The highest BCUT2D eigenvalue weighted by atomic mass is 14.1. The molecule has 5 rings (SSSR count). The number of hydrogen-bond donors (Lipinski definition) is 0. The minimum Gasteiger partial charge on any atom is -0.0622 e. The monoisotopic (exact) mass is 358 g/mol. The number of fused-ring (bicyclic) bond motifs is 2. The van der Waals surface area contributed by atoms with Crippen molar-refractivity contribution in [2.24, 2.45) is 0 Å². The molecule has 0 aliphatic carbocycles. The fourth-order valence-corrected chi connectivity index (χ4v) is 4.27. The van der Waals surface area contributed by atoms with Crippen molar-refractivity contribution in [2.75, 3.05) is 0 Å². The Morgan fingerprint density at radius 3 is 1.14 bits per heavy atom. The van der Waals surface area contributed by atoms with Gasteiger partial charge in [-0.25, -0.2) is 0 Å². The van der Waals surface area contributed by atoms with Gasteiger partial charge in [-0.15, -0.1) is 0 Å². The van der Waals surface area contributed by atoms with Gasteiger partial charge in [0.1, 0.15) is 0 Å². The van der Waals surface area contributed by atoms with Gasteiger partial charge in [-0.05, 0) is 80.9 Å². The van der Waals surface area contributed by atoms with Gasteiger partial charge < -0.3 is 0 Å². The van der Waals surface area contributed by atoms with Crippen molar-refractivity contribution >= 4 is 21.5 Å². The first-order valence-electron chi connectivity index (χ1n) is 9.80. The maximum absolute atomic E-state index is 2.34. The Morgan fingerprint density at radius 1 is 0.357 bits per heavy atom. The molecule has 0 unspecified atom stereocenters. The Bertz CT molecular complexity index is 1190. The molecule has 28 heavy (non-hydrogen) atoms. The molecule has 0 spiro atoms. The number of aryl methyl sites for hydroxylation is 2. The average molecular weight is 358 g/mol. The van der Waals surface area contributed by atoms with E-state index >= 15 is 0 Å². The van der Waals surface area contributed by atoms with Gasteiger partial charge in [0.2, 0.25) is 0 Å². The van der Waals surface area contributed by atoms with Crippen LogP contribution in [0.5, 0.6) is 0 Å². The van der Waals surface area contributed by atoms with E-state index in [1.54, 1.807) is 0 Å². The summed E-state index contributed by atoms with van der Waals surface area (Å²) in [7, 11) is 0. The third-order valence-electron chi connectivity index (χ3n) is 5.87. The molecule has 0 radical (unpaired) electrons. The lowest BCUT2D eigenvalue weighted by molar-refractivity contribution is 1.51. The van der Waals surface area contributed by atoms with Gasteiger partial charge in [0, 0.05) is 0 Å². The Labute approximate surface area is 166 Å². The largest absolute Gasteiger partial charge is 0.0622 e. The zero-order valence-corrected chi connectivity index (χ0v) is 16.2. The number of rotatable bonds is 2. The molecule has 0 saturated heterocycles. The summed E-state index contributed by atoms with van der Waals surface area (Å²) in [5, 5.41) is 5.38. The summed E-state index contributed by atoms with van der Waals surface area (Å²) in [4.78, 5) is 0. The van der Waals surface area contributed by atoms with Crippen LogP contribution in [0, 0.1) is 13.8 Å². The van der Waals surface area contributed by atoms with Gasteiger partial charge in [0.15, 0.2) is 0 Å². The molecule has 0 aliphatic heterocycles. The molecule has 0 saturated carbocycles. The third-order valence-corrected chi connectivity index (χ3v) is 5.87. The predicted octanol–water partition coefficient (Wildman–Crippen LogP) is 7.94. The zero-order chi connectivity index (χ0) is 19.1.